The van der Waals surface area contributed by atoms with Crippen LogP contribution in [0, 0.1) is 5.41 Å². The van der Waals surface area contributed by atoms with Gasteiger partial charge in [0.05, 0.1) is 0 Å². The molecule has 0 aliphatic carbocycles. The van der Waals surface area contributed by atoms with E-state index in [1.165, 1.54) is 5.56 Å². The maximum atomic E-state index is 11.4. The second kappa shape index (κ2) is 5.74. The summed E-state index contributed by atoms with van der Waals surface area (Å²) in [6.07, 6.45) is 2.04. The lowest BCUT2D eigenvalue weighted by molar-refractivity contribution is -0.123. The molecule has 3 rings (SSSR count). The number of halogens is 1. The van der Waals surface area contributed by atoms with Crippen molar-refractivity contribution in [1.29, 1.82) is 0 Å². The molecule has 2 fully saturated rings. The van der Waals surface area contributed by atoms with Gasteiger partial charge in [-0.25, -0.2) is 4.79 Å². The van der Waals surface area contributed by atoms with E-state index in [1.807, 2.05) is 12.1 Å². The zero-order valence-electron chi connectivity index (χ0n) is 13.3. The predicted octanol–water partition coefficient (Wildman–Crippen LogP) is 3.27. The monoisotopic (exact) mass is 321 g/mol. The highest BCUT2D eigenvalue weighted by molar-refractivity contribution is 6.30. The SMILES string of the molecule is CC(C)N1CC2(CCN(C(N)=O)CC2)C1c1ccc(Cl)cc1. The molecule has 2 aliphatic heterocycles. The van der Waals surface area contributed by atoms with Gasteiger partial charge in [0.2, 0.25) is 0 Å². The summed E-state index contributed by atoms with van der Waals surface area (Å²) in [5.41, 5.74) is 7.01. The molecule has 1 unspecified atom stereocenters. The van der Waals surface area contributed by atoms with Crippen LogP contribution >= 0.6 is 11.6 Å². The number of hydrogen-bond acceptors (Lipinski definition) is 2. The number of benzene rings is 1. The number of likely N-dealkylation sites (tertiary alicyclic amines) is 2. The third-order valence-corrected chi connectivity index (χ3v) is 5.58. The molecule has 2 N–H and O–H groups in total. The number of urea groups is 1. The van der Waals surface area contributed by atoms with Crippen LogP contribution in [0.4, 0.5) is 4.79 Å². The molecule has 0 aromatic heterocycles. The fourth-order valence-corrected chi connectivity index (χ4v) is 4.18. The van der Waals surface area contributed by atoms with Crippen LogP contribution in [0.3, 0.4) is 0 Å². The van der Waals surface area contributed by atoms with E-state index in [-0.39, 0.29) is 11.4 Å². The number of hydrogen-bond donors (Lipinski definition) is 1. The normalized spacial score (nSPS) is 24.5. The van der Waals surface area contributed by atoms with Crippen molar-refractivity contribution < 1.29 is 4.79 Å². The Balaban J connectivity index is 1.83. The van der Waals surface area contributed by atoms with Gasteiger partial charge in [0, 0.05) is 42.2 Å². The van der Waals surface area contributed by atoms with Gasteiger partial charge in [-0.05, 0) is 44.4 Å². The van der Waals surface area contributed by atoms with Crippen molar-refractivity contribution in [1.82, 2.24) is 9.80 Å². The first-order valence-electron chi connectivity index (χ1n) is 7.98. The number of amides is 2. The molecule has 0 radical (unpaired) electrons. The standard InChI is InChI=1S/C17H24ClN3O/c1-12(2)21-11-17(7-9-20(10-8-17)16(19)22)15(21)13-3-5-14(18)6-4-13/h3-6,12,15H,7-11H2,1-2H3,(H2,19,22). The average Bonchev–Trinajstić information content (AvgIpc) is 2.47. The number of piperidine rings is 1. The summed E-state index contributed by atoms with van der Waals surface area (Å²) in [6.45, 7) is 7.13. The quantitative estimate of drug-likeness (QED) is 0.909. The number of rotatable bonds is 2. The summed E-state index contributed by atoms with van der Waals surface area (Å²) in [7, 11) is 0. The van der Waals surface area contributed by atoms with Gasteiger partial charge in [-0.1, -0.05) is 23.7 Å². The van der Waals surface area contributed by atoms with Gasteiger partial charge < -0.3 is 10.6 Å². The molecule has 1 spiro atoms. The van der Waals surface area contributed by atoms with Crippen LogP contribution in [0.1, 0.15) is 38.3 Å². The third-order valence-electron chi connectivity index (χ3n) is 5.33. The number of primary amides is 1. The number of nitrogens with two attached hydrogens (primary N) is 1. The Kier molecular flexibility index (Phi) is 4.08. The van der Waals surface area contributed by atoms with Crippen molar-refractivity contribution in [3.8, 4) is 0 Å². The molecular weight excluding hydrogens is 298 g/mol. The van der Waals surface area contributed by atoms with Gasteiger partial charge in [0.15, 0.2) is 0 Å². The number of carbonyl (C=O) groups is 1. The Labute approximate surface area is 137 Å². The molecule has 0 bridgehead atoms. The molecule has 0 saturated carbocycles. The molecule has 1 atom stereocenters. The van der Waals surface area contributed by atoms with Crippen LogP contribution in [0.15, 0.2) is 24.3 Å². The van der Waals surface area contributed by atoms with Crippen molar-refractivity contribution >= 4 is 17.6 Å². The number of carbonyl (C=O) groups excluding carboxylic acids is 1. The van der Waals surface area contributed by atoms with E-state index < -0.39 is 0 Å². The lowest BCUT2D eigenvalue weighted by atomic mass is 9.62. The molecule has 120 valence electrons. The van der Waals surface area contributed by atoms with E-state index in [1.54, 1.807) is 4.90 Å². The van der Waals surface area contributed by atoms with E-state index in [9.17, 15) is 4.79 Å². The van der Waals surface area contributed by atoms with Gasteiger partial charge in [-0.15, -0.1) is 0 Å². The Morgan fingerprint density at radius 1 is 1.27 bits per heavy atom. The molecule has 2 aliphatic rings. The van der Waals surface area contributed by atoms with Crippen LogP contribution in [0.5, 0.6) is 0 Å². The van der Waals surface area contributed by atoms with Crippen molar-refractivity contribution in [3.63, 3.8) is 0 Å². The molecule has 1 aromatic carbocycles. The minimum absolute atomic E-state index is 0.268. The van der Waals surface area contributed by atoms with E-state index in [2.05, 4.69) is 30.9 Å². The largest absolute Gasteiger partial charge is 0.351 e. The van der Waals surface area contributed by atoms with Crippen molar-refractivity contribution in [3.05, 3.63) is 34.9 Å². The Bertz CT molecular complexity index is 550. The van der Waals surface area contributed by atoms with Crippen LogP contribution in [-0.4, -0.2) is 41.5 Å². The van der Waals surface area contributed by atoms with Crippen molar-refractivity contribution in [2.75, 3.05) is 19.6 Å². The highest BCUT2D eigenvalue weighted by atomic mass is 35.5. The first kappa shape index (κ1) is 15.6. The van der Waals surface area contributed by atoms with Crippen LogP contribution in [0.25, 0.3) is 0 Å². The summed E-state index contributed by atoms with van der Waals surface area (Å²) in [5.74, 6) is 0. The van der Waals surface area contributed by atoms with Gasteiger partial charge in [0.25, 0.3) is 0 Å². The summed E-state index contributed by atoms with van der Waals surface area (Å²) in [6, 6.07) is 8.87. The van der Waals surface area contributed by atoms with E-state index in [0.29, 0.717) is 12.1 Å². The maximum Gasteiger partial charge on any atom is 0.314 e. The van der Waals surface area contributed by atoms with Crippen LogP contribution in [0.2, 0.25) is 5.02 Å². The highest BCUT2D eigenvalue weighted by Crippen LogP contribution is 2.55. The smallest absolute Gasteiger partial charge is 0.314 e. The first-order chi connectivity index (χ1) is 10.4. The average molecular weight is 322 g/mol. The molecule has 22 heavy (non-hydrogen) atoms. The molecule has 4 nitrogen and oxygen atoms in total. The van der Waals surface area contributed by atoms with Crippen LogP contribution < -0.4 is 5.73 Å². The van der Waals surface area contributed by atoms with E-state index in [4.69, 9.17) is 17.3 Å². The predicted molar refractivity (Wildman–Crippen MR) is 88.9 cm³/mol. The summed E-state index contributed by atoms with van der Waals surface area (Å²) in [5, 5.41) is 0.775. The highest BCUT2D eigenvalue weighted by Gasteiger charge is 2.54. The van der Waals surface area contributed by atoms with Crippen molar-refractivity contribution in [2.45, 2.75) is 38.8 Å². The van der Waals surface area contributed by atoms with Crippen LogP contribution in [-0.2, 0) is 0 Å². The second-order valence-electron chi connectivity index (χ2n) is 6.91. The molecular formula is C17H24ClN3O. The van der Waals surface area contributed by atoms with Gasteiger partial charge >= 0.3 is 6.03 Å². The zero-order valence-corrected chi connectivity index (χ0v) is 14.0. The topological polar surface area (TPSA) is 49.6 Å². The first-order valence-corrected chi connectivity index (χ1v) is 8.36. The summed E-state index contributed by atoms with van der Waals surface area (Å²) >= 11 is 6.04. The molecule has 5 heteroatoms. The maximum absolute atomic E-state index is 11.4. The molecule has 1 aromatic rings. The lowest BCUT2D eigenvalue weighted by Crippen LogP contribution is -2.64. The van der Waals surface area contributed by atoms with E-state index >= 15 is 0 Å². The molecule has 2 saturated heterocycles. The molecule has 2 heterocycles. The lowest BCUT2D eigenvalue weighted by Gasteiger charge is -2.62. The third kappa shape index (κ3) is 2.59. The second-order valence-corrected chi connectivity index (χ2v) is 7.34. The number of nitrogens with zero attached hydrogens (tertiary/aromatic N) is 2. The zero-order chi connectivity index (χ0) is 15.9. The Morgan fingerprint density at radius 3 is 2.36 bits per heavy atom. The minimum Gasteiger partial charge on any atom is -0.351 e. The van der Waals surface area contributed by atoms with E-state index in [0.717, 1.165) is 37.5 Å². The van der Waals surface area contributed by atoms with Gasteiger partial charge in [0.1, 0.15) is 0 Å². The Hall–Kier alpha value is -1.26. The van der Waals surface area contributed by atoms with Crippen molar-refractivity contribution in [2.24, 2.45) is 11.1 Å². The fraction of sp³-hybridized carbons (Fsp3) is 0.588. The fourth-order valence-electron chi connectivity index (χ4n) is 4.06. The van der Waals surface area contributed by atoms with Gasteiger partial charge in [-0.3, -0.25) is 4.90 Å². The molecule has 2 amide bonds. The Morgan fingerprint density at radius 2 is 1.86 bits per heavy atom. The minimum atomic E-state index is -0.294. The summed E-state index contributed by atoms with van der Waals surface area (Å²) < 4.78 is 0. The van der Waals surface area contributed by atoms with Gasteiger partial charge in [-0.2, -0.15) is 0 Å². The summed E-state index contributed by atoms with van der Waals surface area (Å²) in [4.78, 5) is 15.7.